The van der Waals surface area contributed by atoms with Crippen molar-refractivity contribution in [2.75, 3.05) is 6.54 Å². The van der Waals surface area contributed by atoms with E-state index in [0.717, 1.165) is 55.3 Å². The van der Waals surface area contributed by atoms with E-state index < -0.39 is 0 Å². The zero-order valence-corrected chi connectivity index (χ0v) is 23.5. The minimum Gasteiger partial charge on any atom is -0.393 e. The molecule has 0 bridgehead atoms. The van der Waals surface area contributed by atoms with Gasteiger partial charge in [0.2, 0.25) is 0 Å². The number of hydrogen-bond donors (Lipinski definition) is 2. The van der Waals surface area contributed by atoms with Crippen molar-refractivity contribution in [1.82, 2.24) is 15.1 Å². The maximum Gasteiger partial charge on any atom is 0.0710 e. The van der Waals surface area contributed by atoms with Crippen molar-refractivity contribution >= 4 is 0 Å². The summed E-state index contributed by atoms with van der Waals surface area (Å²) in [5.41, 5.74) is 4.75. The third-order valence-corrected chi connectivity index (χ3v) is 11.8. The molecule has 1 unspecified atom stereocenters. The summed E-state index contributed by atoms with van der Waals surface area (Å²) in [7, 11) is 0. The summed E-state index contributed by atoms with van der Waals surface area (Å²) in [6.45, 7) is 9.51. The van der Waals surface area contributed by atoms with Gasteiger partial charge in [-0.15, -0.1) is 0 Å². The van der Waals surface area contributed by atoms with Crippen molar-refractivity contribution in [3.8, 4) is 5.69 Å². The molecule has 1 aromatic carbocycles. The summed E-state index contributed by atoms with van der Waals surface area (Å²) in [6, 6.07) is 10.7. The fourth-order valence-corrected chi connectivity index (χ4v) is 9.78. The highest BCUT2D eigenvalue weighted by Gasteiger charge is 2.60. The Bertz CT molecular complexity index is 1060. The number of nitrogens with one attached hydrogen (secondary N) is 1. The summed E-state index contributed by atoms with van der Waals surface area (Å²) < 4.78 is 2.15. The lowest BCUT2D eigenvalue weighted by atomic mass is 9.44. The number of aromatic nitrogens is 2. The Kier molecular flexibility index (Phi) is 7.03. The van der Waals surface area contributed by atoms with Crippen LogP contribution in [0.3, 0.4) is 0 Å². The van der Waals surface area contributed by atoms with Crippen LogP contribution in [0.4, 0.5) is 0 Å². The number of nitrogens with zero attached hydrogens (tertiary/aromatic N) is 2. The van der Waals surface area contributed by atoms with E-state index in [-0.39, 0.29) is 6.10 Å². The predicted octanol–water partition coefficient (Wildman–Crippen LogP) is 7.25. The molecule has 4 aliphatic carbocycles. The van der Waals surface area contributed by atoms with Crippen LogP contribution < -0.4 is 5.32 Å². The Labute approximate surface area is 224 Å². The van der Waals surface area contributed by atoms with Crippen LogP contribution in [-0.2, 0) is 6.54 Å². The molecule has 202 valence electrons. The fraction of sp³-hybridized carbons (Fsp3) is 0.727. The van der Waals surface area contributed by atoms with Crippen LogP contribution in [0, 0.1) is 34.5 Å². The largest absolute Gasteiger partial charge is 0.393 e. The molecule has 0 aliphatic heterocycles. The monoisotopic (exact) mass is 503 g/mol. The normalized spacial score (nSPS) is 39.1. The Morgan fingerprint density at radius 3 is 2.57 bits per heavy atom. The van der Waals surface area contributed by atoms with Gasteiger partial charge in [0.1, 0.15) is 0 Å². The van der Waals surface area contributed by atoms with Crippen molar-refractivity contribution in [3.63, 3.8) is 0 Å². The maximum absolute atomic E-state index is 10.4. The molecule has 1 heterocycles. The molecule has 37 heavy (non-hydrogen) atoms. The molecule has 8 atom stereocenters. The highest BCUT2D eigenvalue weighted by molar-refractivity contribution is 5.35. The molecule has 4 aliphatic rings. The SMILES string of the molecule is CCCCNCc1cn(-c2ccccc2)nc1[C@H]1CC[C@H]2[C@@H]3CCC4C[C@@H](O)CC[C@]4(C)[C@H]3CC[C@]12C. The van der Waals surface area contributed by atoms with E-state index >= 15 is 0 Å². The predicted molar refractivity (Wildman–Crippen MR) is 151 cm³/mol. The van der Waals surface area contributed by atoms with Gasteiger partial charge in [-0.3, -0.25) is 0 Å². The van der Waals surface area contributed by atoms with Gasteiger partial charge in [0, 0.05) is 24.2 Å². The molecule has 4 heteroatoms. The Morgan fingerprint density at radius 2 is 1.76 bits per heavy atom. The first-order valence-corrected chi connectivity index (χ1v) is 15.5. The van der Waals surface area contributed by atoms with Crippen LogP contribution in [0.5, 0.6) is 0 Å². The molecule has 2 N–H and O–H groups in total. The summed E-state index contributed by atoms with van der Waals surface area (Å²) in [5.74, 6) is 3.84. The summed E-state index contributed by atoms with van der Waals surface area (Å²) >= 11 is 0. The van der Waals surface area contributed by atoms with Crippen LogP contribution in [0.25, 0.3) is 5.69 Å². The summed E-state index contributed by atoms with van der Waals surface area (Å²) in [5, 5.41) is 19.5. The van der Waals surface area contributed by atoms with E-state index in [1.54, 1.807) is 0 Å². The smallest absolute Gasteiger partial charge is 0.0710 e. The average Bonchev–Trinajstić information content (AvgIpc) is 3.48. The number of benzene rings is 1. The van der Waals surface area contributed by atoms with Gasteiger partial charge < -0.3 is 10.4 Å². The van der Waals surface area contributed by atoms with Crippen molar-refractivity contribution in [2.45, 2.75) is 110 Å². The Hall–Kier alpha value is -1.65. The molecule has 6 rings (SSSR count). The number of aliphatic hydroxyl groups is 1. The fourth-order valence-electron chi connectivity index (χ4n) is 9.78. The zero-order valence-electron chi connectivity index (χ0n) is 23.5. The molecule has 2 aromatic rings. The van der Waals surface area contributed by atoms with Crippen molar-refractivity contribution in [2.24, 2.45) is 34.5 Å². The molecular weight excluding hydrogens is 454 g/mol. The van der Waals surface area contributed by atoms with Gasteiger partial charge >= 0.3 is 0 Å². The number of para-hydroxylation sites is 1. The maximum atomic E-state index is 10.4. The molecule has 4 fully saturated rings. The van der Waals surface area contributed by atoms with Crippen molar-refractivity contribution in [1.29, 1.82) is 0 Å². The number of fused-ring (bicyclic) bond motifs is 5. The second-order valence-electron chi connectivity index (χ2n) is 13.6. The molecule has 1 aromatic heterocycles. The molecule has 4 nitrogen and oxygen atoms in total. The summed E-state index contributed by atoms with van der Waals surface area (Å²) in [4.78, 5) is 0. The first kappa shape index (κ1) is 25.6. The minimum absolute atomic E-state index is 0.0524. The van der Waals surface area contributed by atoms with Gasteiger partial charge in [0.25, 0.3) is 0 Å². The van der Waals surface area contributed by atoms with Crippen LogP contribution in [0.2, 0.25) is 0 Å². The van der Waals surface area contributed by atoms with E-state index in [0.29, 0.717) is 16.7 Å². The van der Waals surface area contributed by atoms with Crippen molar-refractivity contribution in [3.05, 3.63) is 47.8 Å². The van der Waals surface area contributed by atoms with Gasteiger partial charge in [-0.05, 0) is 117 Å². The number of hydrogen-bond acceptors (Lipinski definition) is 3. The second-order valence-corrected chi connectivity index (χ2v) is 13.6. The van der Waals surface area contributed by atoms with Gasteiger partial charge in [-0.25, -0.2) is 4.68 Å². The molecule has 0 saturated heterocycles. The first-order valence-electron chi connectivity index (χ1n) is 15.5. The zero-order chi connectivity index (χ0) is 25.6. The molecular formula is C33H49N3O. The van der Waals surface area contributed by atoms with Gasteiger partial charge in [-0.2, -0.15) is 5.10 Å². The van der Waals surface area contributed by atoms with Crippen LogP contribution in [-0.4, -0.2) is 27.5 Å². The molecule has 0 amide bonds. The van der Waals surface area contributed by atoms with Crippen LogP contribution in [0.1, 0.15) is 109 Å². The first-order chi connectivity index (χ1) is 17.9. The van der Waals surface area contributed by atoms with Crippen LogP contribution >= 0.6 is 0 Å². The van der Waals surface area contributed by atoms with Gasteiger partial charge in [-0.1, -0.05) is 45.4 Å². The number of aliphatic hydroxyl groups excluding tert-OH is 1. The van der Waals surface area contributed by atoms with E-state index in [2.05, 4.69) is 67.3 Å². The molecule has 0 spiro atoms. The third-order valence-electron chi connectivity index (χ3n) is 11.8. The third kappa shape index (κ3) is 4.40. The van der Waals surface area contributed by atoms with Gasteiger partial charge in [0.05, 0.1) is 17.5 Å². The van der Waals surface area contributed by atoms with Gasteiger partial charge in [0.15, 0.2) is 0 Å². The second kappa shape index (κ2) is 10.2. The quantitative estimate of drug-likeness (QED) is 0.391. The lowest BCUT2D eigenvalue weighted by Gasteiger charge is -2.61. The average molecular weight is 504 g/mol. The summed E-state index contributed by atoms with van der Waals surface area (Å²) in [6.07, 6.45) is 16.1. The molecule has 4 saturated carbocycles. The van der Waals surface area contributed by atoms with E-state index in [1.165, 1.54) is 69.0 Å². The lowest BCUT2D eigenvalue weighted by Crippen LogP contribution is -2.53. The molecule has 0 radical (unpaired) electrons. The number of unbranched alkanes of at least 4 members (excludes halogenated alkanes) is 1. The topological polar surface area (TPSA) is 50.1 Å². The number of rotatable bonds is 7. The van der Waals surface area contributed by atoms with Crippen molar-refractivity contribution < 1.29 is 5.11 Å². The highest BCUT2D eigenvalue weighted by Crippen LogP contribution is 2.69. The van der Waals surface area contributed by atoms with Crippen LogP contribution in [0.15, 0.2) is 36.5 Å². The Balaban J connectivity index is 1.28. The van der Waals surface area contributed by atoms with E-state index in [4.69, 9.17) is 5.10 Å². The Morgan fingerprint density at radius 1 is 0.973 bits per heavy atom. The lowest BCUT2D eigenvalue weighted by molar-refractivity contribution is -0.123. The minimum atomic E-state index is -0.0524. The van der Waals surface area contributed by atoms with E-state index in [1.807, 2.05) is 0 Å². The standard InChI is InChI=1S/C33H49N3O/c1-4-5-19-34-21-23-22-36(25-9-7-6-8-10-25)35-31(23)30-14-13-28-27-12-11-24-20-26(37)15-17-32(24,2)29(27)16-18-33(28,30)3/h6-10,22,24,26-30,34,37H,4-5,11-21H2,1-3H3/t24?,26-,27-,28-,29-,30+,32-,33-/m0/s1. The highest BCUT2D eigenvalue weighted by atomic mass is 16.3. The van der Waals surface area contributed by atoms with E-state index in [9.17, 15) is 5.11 Å².